The van der Waals surface area contributed by atoms with Crippen LogP contribution in [0.15, 0.2) is 53.5 Å². The lowest BCUT2D eigenvalue weighted by Crippen LogP contribution is -2.58. The number of carbonyl (C=O) groups is 3. The van der Waals surface area contributed by atoms with Gasteiger partial charge in [-0.25, -0.2) is 0 Å². The number of phenols is 1. The Labute approximate surface area is 267 Å². The lowest BCUT2D eigenvalue weighted by Gasteiger charge is -2.37. The first-order valence-corrected chi connectivity index (χ1v) is 15.7. The molecule has 244 valence electrons. The van der Waals surface area contributed by atoms with Crippen molar-refractivity contribution in [3.63, 3.8) is 0 Å². The fraction of sp³-hybridized carbons (Fsp3) is 0.500. The highest BCUT2D eigenvalue weighted by molar-refractivity contribution is 6.32. The molecule has 2 aromatic carbocycles. The van der Waals surface area contributed by atoms with Crippen LogP contribution in [0.25, 0.3) is 0 Å². The zero-order valence-electron chi connectivity index (χ0n) is 25.1. The van der Waals surface area contributed by atoms with Gasteiger partial charge in [-0.05, 0) is 67.7 Å². The number of aliphatic hydroxyl groups excluding tert-OH is 2. The second kappa shape index (κ2) is 15.9. The molecule has 12 nitrogen and oxygen atoms in total. The minimum Gasteiger partial charge on any atom is -0.506 e. The number of guanidine groups is 1. The number of halogens is 1. The van der Waals surface area contributed by atoms with E-state index in [-0.39, 0.29) is 47.4 Å². The van der Waals surface area contributed by atoms with Crippen molar-refractivity contribution >= 4 is 35.3 Å². The number of nitrogens with zero attached hydrogens (tertiary/aromatic N) is 2. The number of aliphatic imine (C=N–C) groups is 1. The van der Waals surface area contributed by atoms with E-state index in [1.807, 2.05) is 30.3 Å². The number of likely N-dealkylation sites (tertiary alicyclic amines) is 1. The number of amides is 3. The number of hydrogen-bond acceptors (Lipinski definition) is 7. The maximum atomic E-state index is 14.4. The first kappa shape index (κ1) is 34.0. The minimum absolute atomic E-state index is 0.0124. The first-order chi connectivity index (χ1) is 21.5. The van der Waals surface area contributed by atoms with E-state index in [1.54, 1.807) is 11.0 Å². The number of aromatic hydroxyl groups is 1. The van der Waals surface area contributed by atoms with Gasteiger partial charge < -0.3 is 42.3 Å². The number of rotatable bonds is 13. The molecule has 1 saturated heterocycles. The van der Waals surface area contributed by atoms with Gasteiger partial charge in [0.15, 0.2) is 5.96 Å². The fourth-order valence-electron chi connectivity index (χ4n) is 6.25. The summed E-state index contributed by atoms with van der Waals surface area (Å²) >= 11 is 5.99. The molecule has 9 N–H and O–H groups in total. The third-order valence-corrected chi connectivity index (χ3v) is 8.83. The molecule has 0 radical (unpaired) electrons. The largest absolute Gasteiger partial charge is 0.506 e. The fourth-order valence-corrected chi connectivity index (χ4v) is 6.45. The Bertz CT molecular complexity index is 1360. The van der Waals surface area contributed by atoms with Gasteiger partial charge >= 0.3 is 0 Å². The van der Waals surface area contributed by atoms with E-state index in [4.69, 9.17) is 23.1 Å². The van der Waals surface area contributed by atoms with Crippen LogP contribution in [-0.2, 0) is 27.2 Å². The van der Waals surface area contributed by atoms with Crippen LogP contribution in [0.2, 0.25) is 5.02 Å². The third kappa shape index (κ3) is 9.32. The van der Waals surface area contributed by atoms with Gasteiger partial charge in [0.2, 0.25) is 17.7 Å². The van der Waals surface area contributed by atoms with Crippen LogP contribution in [0.4, 0.5) is 0 Å². The van der Waals surface area contributed by atoms with E-state index in [2.05, 4.69) is 15.6 Å². The Morgan fingerprint density at radius 3 is 2.49 bits per heavy atom. The van der Waals surface area contributed by atoms with Crippen LogP contribution in [0, 0.1) is 5.92 Å². The van der Waals surface area contributed by atoms with Crippen LogP contribution < -0.4 is 22.1 Å². The van der Waals surface area contributed by atoms with Crippen LogP contribution in [0.1, 0.15) is 49.7 Å². The van der Waals surface area contributed by atoms with Crippen molar-refractivity contribution in [1.29, 1.82) is 0 Å². The molecule has 6 atom stereocenters. The molecule has 1 saturated carbocycles. The van der Waals surface area contributed by atoms with Crippen LogP contribution >= 0.6 is 11.6 Å². The molecule has 0 spiro atoms. The van der Waals surface area contributed by atoms with Gasteiger partial charge in [0.05, 0.1) is 11.1 Å². The van der Waals surface area contributed by atoms with E-state index in [1.165, 1.54) is 12.1 Å². The van der Waals surface area contributed by atoms with Gasteiger partial charge in [-0.2, -0.15) is 0 Å². The summed E-state index contributed by atoms with van der Waals surface area (Å²) in [4.78, 5) is 46.7. The van der Waals surface area contributed by atoms with Gasteiger partial charge in [0.1, 0.15) is 23.9 Å². The molecule has 0 unspecified atom stereocenters. The lowest BCUT2D eigenvalue weighted by molar-refractivity contribution is -0.145. The van der Waals surface area contributed by atoms with Crippen molar-refractivity contribution in [1.82, 2.24) is 15.5 Å². The van der Waals surface area contributed by atoms with Crippen LogP contribution in [0.5, 0.6) is 5.75 Å². The summed E-state index contributed by atoms with van der Waals surface area (Å²) in [6.45, 7) is 0.827. The number of hydrogen-bond donors (Lipinski definition) is 7. The Kier molecular flexibility index (Phi) is 12.0. The standard InChI is InChI=1S/C32H43ClN6O6/c33-23-14-20(8-11-27(23)41)16-28(42)30(44)38-24(15-19-6-2-1-3-7-19)31(45)39-25-18-22(40)10-9-21(25)17-26(39)29(43)36-12-4-5-13-37-32(34)35/h1-3,6-8,11,14,21-22,24-26,28,40-42H,4-5,9-10,12-13,15-18H2,(H,36,43)(H,38,44)(H4,34,35,37)/t21-,22+,24-,25-,26-,28-/m0/s1. The molecule has 13 heteroatoms. The molecule has 2 fully saturated rings. The molecular weight excluding hydrogens is 600 g/mol. The molecule has 2 aromatic rings. The molecule has 1 heterocycles. The predicted molar refractivity (Wildman–Crippen MR) is 170 cm³/mol. The Morgan fingerprint density at radius 1 is 1.02 bits per heavy atom. The highest BCUT2D eigenvalue weighted by Crippen LogP contribution is 2.40. The third-order valence-electron chi connectivity index (χ3n) is 8.52. The zero-order valence-corrected chi connectivity index (χ0v) is 25.9. The van der Waals surface area contributed by atoms with Gasteiger partial charge in [-0.3, -0.25) is 19.4 Å². The minimum atomic E-state index is -1.50. The highest BCUT2D eigenvalue weighted by Gasteiger charge is 2.50. The monoisotopic (exact) mass is 642 g/mol. The van der Waals surface area contributed by atoms with Crippen molar-refractivity contribution in [2.45, 2.75) is 81.7 Å². The molecule has 1 aliphatic carbocycles. The van der Waals surface area contributed by atoms with Crippen molar-refractivity contribution < 1.29 is 29.7 Å². The molecule has 0 bridgehead atoms. The number of phenolic OH excluding ortho intramolecular Hbond substituents is 1. The maximum Gasteiger partial charge on any atom is 0.249 e. The summed E-state index contributed by atoms with van der Waals surface area (Å²) in [5, 5.41) is 36.8. The number of nitrogens with two attached hydrogens (primary N) is 2. The van der Waals surface area contributed by atoms with Crippen molar-refractivity contribution in [2.75, 3.05) is 13.1 Å². The van der Waals surface area contributed by atoms with Gasteiger partial charge in [0.25, 0.3) is 0 Å². The molecule has 1 aliphatic heterocycles. The maximum absolute atomic E-state index is 14.4. The number of aliphatic hydroxyl groups is 2. The summed E-state index contributed by atoms with van der Waals surface area (Å²) < 4.78 is 0. The molecule has 45 heavy (non-hydrogen) atoms. The van der Waals surface area contributed by atoms with Crippen molar-refractivity contribution in [3.05, 3.63) is 64.7 Å². The molecular formula is C32H43ClN6O6. The van der Waals surface area contributed by atoms with E-state index >= 15 is 0 Å². The second-order valence-electron chi connectivity index (χ2n) is 11.9. The topological polar surface area (TPSA) is 204 Å². The second-order valence-corrected chi connectivity index (χ2v) is 12.3. The molecule has 4 rings (SSSR count). The van der Waals surface area contributed by atoms with Crippen LogP contribution in [0.3, 0.4) is 0 Å². The number of unbranched alkanes of at least 4 members (excludes halogenated alkanes) is 1. The first-order valence-electron chi connectivity index (χ1n) is 15.4. The highest BCUT2D eigenvalue weighted by atomic mass is 35.5. The lowest BCUT2D eigenvalue weighted by atomic mass is 9.83. The van der Waals surface area contributed by atoms with E-state index < -0.39 is 36.1 Å². The summed E-state index contributed by atoms with van der Waals surface area (Å²) in [6.07, 6.45) is 1.34. The molecule has 2 aliphatic rings. The van der Waals surface area contributed by atoms with Gasteiger partial charge in [-0.1, -0.05) is 48.0 Å². The smallest absolute Gasteiger partial charge is 0.249 e. The molecule has 0 aromatic heterocycles. The quantitative estimate of drug-likeness (QED) is 0.0951. The SMILES string of the molecule is NC(N)=NCCCCNC(=O)[C@@H]1C[C@@H]2CC[C@@H](O)C[C@@H]2N1C(=O)[C@H](Cc1ccccc1)NC(=O)[C@@H](O)Cc1ccc(O)c(Cl)c1. The number of carbonyl (C=O) groups excluding carboxylic acids is 3. The average Bonchev–Trinajstić information content (AvgIpc) is 3.39. The Balaban J connectivity index is 1.52. The average molecular weight is 643 g/mol. The Morgan fingerprint density at radius 2 is 1.78 bits per heavy atom. The van der Waals surface area contributed by atoms with E-state index in [9.17, 15) is 29.7 Å². The summed E-state index contributed by atoms with van der Waals surface area (Å²) in [6, 6.07) is 11.4. The number of nitrogens with one attached hydrogen (secondary N) is 2. The van der Waals surface area contributed by atoms with Gasteiger partial charge in [0, 0.05) is 32.0 Å². The summed E-state index contributed by atoms with van der Waals surface area (Å²) in [7, 11) is 0. The number of fused-ring (bicyclic) bond motifs is 1. The van der Waals surface area contributed by atoms with E-state index in [0.29, 0.717) is 57.2 Å². The van der Waals surface area contributed by atoms with Crippen molar-refractivity contribution in [3.8, 4) is 5.75 Å². The summed E-state index contributed by atoms with van der Waals surface area (Å²) in [5.41, 5.74) is 12.0. The number of benzene rings is 2. The predicted octanol–water partition coefficient (Wildman–Crippen LogP) is 0.977. The normalized spacial score (nSPS) is 22.2. The van der Waals surface area contributed by atoms with E-state index in [0.717, 1.165) is 5.56 Å². The van der Waals surface area contributed by atoms with Crippen molar-refractivity contribution in [2.24, 2.45) is 22.4 Å². The zero-order chi connectivity index (χ0) is 32.5. The molecule has 3 amide bonds. The summed E-state index contributed by atoms with van der Waals surface area (Å²) in [5.74, 6) is -1.56. The van der Waals surface area contributed by atoms with Crippen LogP contribution in [-0.4, -0.2) is 87.3 Å². The Hall–Kier alpha value is -3.87. The van der Waals surface area contributed by atoms with Gasteiger partial charge in [-0.15, -0.1) is 0 Å².